The van der Waals surface area contributed by atoms with E-state index in [1.807, 2.05) is 55.6 Å². The molecule has 5 rings (SSSR count). The van der Waals surface area contributed by atoms with Gasteiger partial charge in [-0.3, -0.25) is 4.79 Å². The summed E-state index contributed by atoms with van der Waals surface area (Å²) in [6.07, 6.45) is 4.33. The molecular weight excluding hydrogens is 535 g/mol. The molecule has 170 valence electrons. The van der Waals surface area contributed by atoms with Crippen molar-refractivity contribution in [1.29, 1.82) is 0 Å². The minimum Gasteiger partial charge on any atom is -0.342 e. The van der Waals surface area contributed by atoms with Crippen molar-refractivity contribution in [3.8, 4) is 0 Å². The Morgan fingerprint density at radius 2 is 1.85 bits per heavy atom. The van der Waals surface area contributed by atoms with Crippen LogP contribution in [0.3, 0.4) is 0 Å². The van der Waals surface area contributed by atoms with E-state index in [0.29, 0.717) is 39.7 Å². The number of aryl methyl sites for hydroxylation is 1. The van der Waals surface area contributed by atoms with Crippen molar-refractivity contribution >= 4 is 67.2 Å². The van der Waals surface area contributed by atoms with E-state index >= 15 is 0 Å². The molecule has 0 N–H and O–H groups in total. The van der Waals surface area contributed by atoms with Gasteiger partial charge < -0.3 is 4.57 Å². The summed E-state index contributed by atoms with van der Waals surface area (Å²) >= 11 is 15.7. The summed E-state index contributed by atoms with van der Waals surface area (Å²) in [5, 5.41) is 7.19. The molecule has 0 bridgehead atoms. The topological polar surface area (TPSA) is 52.2 Å². The molecule has 5 nitrogen and oxygen atoms in total. The lowest BCUT2D eigenvalue weighted by molar-refractivity contribution is 0.734. The van der Waals surface area contributed by atoms with Crippen molar-refractivity contribution in [1.82, 2.24) is 14.2 Å². The van der Waals surface area contributed by atoms with E-state index in [0.717, 1.165) is 26.5 Å². The number of fused-ring (bicyclic) bond motifs is 2. The van der Waals surface area contributed by atoms with Crippen LogP contribution in [0.2, 0.25) is 10.0 Å². The van der Waals surface area contributed by atoms with Gasteiger partial charge in [0.25, 0.3) is 5.56 Å². The molecule has 0 unspecified atom stereocenters. The third-order valence-corrected chi connectivity index (χ3v) is 6.89. The summed E-state index contributed by atoms with van der Waals surface area (Å²) in [7, 11) is 0. The Morgan fingerprint density at radius 1 is 1.03 bits per heavy atom. The van der Waals surface area contributed by atoms with Gasteiger partial charge >= 0.3 is 0 Å². The molecule has 34 heavy (non-hydrogen) atoms. The molecule has 0 atom stereocenters. The van der Waals surface area contributed by atoms with Crippen LogP contribution in [0, 0.1) is 0 Å². The number of nitrogens with zero attached hydrogens (tertiary/aromatic N) is 4. The standard InChI is InChI=1S/C26H19BrCl2N4O/c1-2-25-31-23-10-8-18(27)12-20(23)26(34)33(25)30-13-17-15-32(24-6-4-3-5-19(17)24)14-16-7-9-21(28)22(29)11-16/h3-13,15H,2,14H2,1H3. The molecule has 0 saturated heterocycles. The van der Waals surface area contributed by atoms with Crippen LogP contribution in [0.5, 0.6) is 0 Å². The van der Waals surface area contributed by atoms with Crippen LogP contribution < -0.4 is 5.56 Å². The monoisotopic (exact) mass is 552 g/mol. The molecule has 8 heteroatoms. The molecule has 0 radical (unpaired) electrons. The molecule has 5 aromatic rings. The number of rotatable bonds is 5. The second-order valence-electron chi connectivity index (χ2n) is 7.88. The fraction of sp³-hybridized carbons (Fsp3) is 0.115. The maximum Gasteiger partial charge on any atom is 0.282 e. The normalized spacial score (nSPS) is 11.8. The fourth-order valence-electron chi connectivity index (χ4n) is 4.01. The van der Waals surface area contributed by atoms with Gasteiger partial charge in [-0.15, -0.1) is 0 Å². The van der Waals surface area contributed by atoms with Crippen molar-refractivity contribution in [3.05, 3.63) is 109 Å². The first-order chi connectivity index (χ1) is 16.4. The molecular formula is C26H19BrCl2N4O. The van der Waals surface area contributed by atoms with E-state index in [4.69, 9.17) is 23.2 Å². The maximum absolute atomic E-state index is 13.2. The molecule has 0 aliphatic rings. The number of hydrogen-bond acceptors (Lipinski definition) is 3. The second-order valence-corrected chi connectivity index (χ2v) is 9.61. The summed E-state index contributed by atoms with van der Waals surface area (Å²) in [6, 6.07) is 19.2. The lowest BCUT2D eigenvalue weighted by Crippen LogP contribution is -2.22. The number of para-hydroxylation sites is 1. The van der Waals surface area contributed by atoms with Crippen LogP contribution in [0.15, 0.2) is 81.2 Å². The van der Waals surface area contributed by atoms with Gasteiger partial charge in [0.2, 0.25) is 0 Å². The Hall–Kier alpha value is -2.93. The zero-order chi connectivity index (χ0) is 23.8. The zero-order valence-electron chi connectivity index (χ0n) is 18.2. The average Bonchev–Trinajstić information content (AvgIpc) is 3.18. The van der Waals surface area contributed by atoms with Gasteiger partial charge in [0.1, 0.15) is 5.82 Å². The van der Waals surface area contributed by atoms with Gasteiger partial charge in [-0.2, -0.15) is 9.78 Å². The van der Waals surface area contributed by atoms with E-state index in [1.54, 1.807) is 18.3 Å². The zero-order valence-corrected chi connectivity index (χ0v) is 21.3. The van der Waals surface area contributed by atoms with E-state index < -0.39 is 0 Å². The van der Waals surface area contributed by atoms with Crippen molar-refractivity contribution < 1.29 is 0 Å². The third kappa shape index (κ3) is 4.29. The first kappa shape index (κ1) is 22.8. The van der Waals surface area contributed by atoms with Gasteiger partial charge in [-0.25, -0.2) is 4.98 Å². The molecule has 0 amide bonds. The fourth-order valence-corrected chi connectivity index (χ4v) is 4.69. The molecule has 0 aliphatic carbocycles. The van der Waals surface area contributed by atoms with Crippen molar-refractivity contribution in [2.75, 3.05) is 0 Å². The number of benzene rings is 3. The van der Waals surface area contributed by atoms with E-state index in [-0.39, 0.29) is 5.56 Å². The van der Waals surface area contributed by atoms with E-state index in [9.17, 15) is 4.79 Å². The number of hydrogen-bond donors (Lipinski definition) is 0. The van der Waals surface area contributed by atoms with Crippen molar-refractivity contribution in [2.45, 2.75) is 19.9 Å². The van der Waals surface area contributed by atoms with Gasteiger partial charge in [0.15, 0.2) is 0 Å². The van der Waals surface area contributed by atoms with Crippen LogP contribution in [0.4, 0.5) is 0 Å². The summed E-state index contributed by atoms with van der Waals surface area (Å²) in [4.78, 5) is 17.9. The average molecular weight is 554 g/mol. The predicted molar refractivity (Wildman–Crippen MR) is 144 cm³/mol. The predicted octanol–water partition coefficient (Wildman–Crippen LogP) is 6.91. The van der Waals surface area contributed by atoms with Crippen molar-refractivity contribution in [3.63, 3.8) is 0 Å². The lowest BCUT2D eigenvalue weighted by atomic mass is 10.2. The Labute approximate surface area is 214 Å². The Balaban J connectivity index is 1.59. The third-order valence-electron chi connectivity index (χ3n) is 5.66. The second kappa shape index (κ2) is 9.37. The highest BCUT2D eigenvalue weighted by Crippen LogP contribution is 2.25. The van der Waals surface area contributed by atoms with E-state index in [2.05, 4.69) is 36.6 Å². The number of halogens is 3. The largest absolute Gasteiger partial charge is 0.342 e. The highest BCUT2D eigenvalue weighted by Gasteiger charge is 2.11. The molecule has 0 saturated carbocycles. The maximum atomic E-state index is 13.2. The quantitative estimate of drug-likeness (QED) is 0.222. The molecule has 2 aromatic heterocycles. The smallest absolute Gasteiger partial charge is 0.282 e. The Kier molecular flexibility index (Phi) is 6.30. The van der Waals surface area contributed by atoms with Crippen LogP contribution in [-0.4, -0.2) is 20.4 Å². The highest BCUT2D eigenvalue weighted by atomic mass is 79.9. The summed E-state index contributed by atoms with van der Waals surface area (Å²) < 4.78 is 4.35. The van der Waals surface area contributed by atoms with Crippen LogP contribution in [0.1, 0.15) is 23.9 Å². The number of aromatic nitrogens is 3. The SMILES string of the molecule is CCc1nc2ccc(Br)cc2c(=O)n1N=Cc1cn(Cc2ccc(Cl)c(Cl)c2)c2ccccc12. The minimum atomic E-state index is -0.195. The molecule has 0 fully saturated rings. The minimum absolute atomic E-state index is 0.195. The molecule has 0 spiro atoms. The van der Waals surface area contributed by atoms with Crippen molar-refractivity contribution in [2.24, 2.45) is 5.10 Å². The van der Waals surface area contributed by atoms with Crippen LogP contribution in [0.25, 0.3) is 21.8 Å². The summed E-state index contributed by atoms with van der Waals surface area (Å²) in [5.41, 5.74) is 3.46. The van der Waals surface area contributed by atoms with Crippen LogP contribution in [-0.2, 0) is 13.0 Å². The van der Waals surface area contributed by atoms with Gasteiger partial charge in [0.05, 0.1) is 27.2 Å². The lowest BCUT2D eigenvalue weighted by Gasteiger charge is -2.07. The Morgan fingerprint density at radius 3 is 2.65 bits per heavy atom. The van der Waals surface area contributed by atoms with E-state index in [1.165, 1.54) is 4.68 Å². The molecule has 0 aliphatic heterocycles. The first-order valence-corrected chi connectivity index (χ1v) is 12.3. The highest BCUT2D eigenvalue weighted by molar-refractivity contribution is 9.10. The molecule has 2 heterocycles. The summed E-state index contributed by atoms with van der Waals surface area (Å²) in [6.45, 7) is 2.58. The summed E-state index contributed by atoms with van der Waals surface area (Å²) in [5.74, 6) is 0.607. The van der Waals surface area contributed by atoms with Gasteiger partial charge in [-0.1, -0.05) is 70.3 Å². The van der Waals surface area contributed by atoms with Gasteiger partial charge in [0, 0.05) is 40.1 Å². The van der Waals surface area contributed by atoms with Crippen LogP contribution >= 0.6 is 39.1 Å². The molecule has 3 aromatic carbocycles. The van der Waals surface area contributed by atoms with Gasteiger partial charge in [-0.05, 0) is 42.0 Å². The Bertz CT molecular complexity index is 1640. The first-order valence-electron chi connectivity index (χ1n) is 10.7.